The van der Waals surface area contributed by atoms with E-state index in [2.05, 4.69) is 36.5 Å². The van der Waals surface area contributed by atoms with Gasteiger partial charge >= 0.3 is 0 Å². The molecule has 0 spiro atoms. The predicted molar refractivity (Wildman–Crippen MR) is 79.3 cm³/mol. The highest BCUT2D eigenvalue weighted by Crippen LogP contribution is 2.15. The Bertz CT molecular complexity index is 561. The van der Waals surface area contributed by atoms with Crippen molar-refractivity contribution in [2.45, 2.75) is 33.4 Å². The minimum atomic E-state index is 0.793. The van der Waals surface area contributed by atoms with Gasteiger partial charge in [-0.15, -0.1) is 0 Å². The third kappa shape index (κ3) is 3.58. The molecule has 19 heavy (non-hydrogen) atoms. The molecule has 0 saturated carbocycles. The number of halogens is 1. The van der Waals surface area contributed by atoms with Crippen molar-refractivity contribution in [3.8, 4) is 0 Å². The van der Waals surface area contributed by atoms with E-state index < -0.39 is 0 Å². The largest absolute Gasteiger partial charge is 0.308 e. The summed E-state index contributed by atoms with van der Waals surface area (Å²) in [5.41, 5.74) is 4.95. The first-order chi connectivity index (χ1) is 9.10. The van der Waals surface area contributed by atoms with E-state index in [1.165, 1.54) is 22.4 Å². The van der Waals surface area contributed by atoms with Crippen LogP contribution in [0.5, 0.6) is 0 Å². The van der Waals surface area contributed by atoms with Crippen molar-refractivity contribution < 1.29 is 0 Å². The summed E-state index contributed by atoms with van der Waals surface area (Å²) >= 11 is 5.96. The minimum absolute atomic E-state index is 0.793. The molecule has 1 aromatic heterocycles. The van der Waals surface area contributed by atoms with Crippen LogP contribution < -0.4 is 5.32 Å². The maximum atomic E-state index is 5.96. The maximum absolute atomic E-state index is 5.96. The number of aromatic nitrogens is 2. The topological polar surface area (TPSA) is 29.9 Å². The summed E-state index contributed by atoms with van der Waals surface area (Å²) in [6.45, 7) is 5.92. The first kappa shape index (κ1) is 14.1. The first-order valence-electron chi connectivity index (χ1n) is 6.57. The zero-order valence-corrected chi connectivity index (χ0v) is 12.5. The van der Waals surface area contributed by atoms with Crippen LogP contribution in [0.2, 0.25) is 5.02 Å². The van der Waals surface area contributed by atoms with E-state index in [9.17, 15) is 0 Å². The summed E-state index contributed by atoms with van der Waals surface area (Å²) in [6, 6.07) is 6.02. The van der Waals surface area contributed by atoms with Crippen LogP contribution in [0.15, 0.2) is 24.4 Å². The molecule has 0 aliphatic carbocycles. The number of benzene rings is 1. The van der Waals surface area contributed by atoms with Gasteiger partial charge in [0.2, 0.25) is 0 Å². The van der Waals surface area contributed by atoms with Crippen molar-refractivity contribution in [3.05, 3.63) is 51.8 Å². The average Bonchev–Trinajstić information content (AvgIpc) is 2.72. The summed E-state index contributed by atoms with van der Waals surface area (Å²) in [5.74, 6) is 0. The van der Waals surface area contributed by atoms with E-state index in [-0.39, 0.29) is 0 Å². The number of aryl methyl sites for hydroxylation is 3. The van der Waals surface area contributed by atoms with Crippen LogP contribution in [-0.2, 0) is 26.6 Å². The van der Waals surface area contributed by atoms with Gasteiger partial charge in [0.05, 0.1) is 5.69 Å². The molecule has 0 atom stereocenters. The Morgan fingerprint density at radius 2 is 2.00 bits per heavy atom. The highest BCUT2D eigenvalue weighted by atomic mass is 35.5. The number of hydrogen-bond acceptors (Lipinski definition) is 2. The molecule has 0 unspecified atom stereocenters. The molecule has 0 amide bonds. The van der Waals surface area contributed by atoms with Crippen molar-refractivity contribution in [1.29, 1.82) is 0 Å². The average molecular weight is 278 g/mol. The van der Waals surface area contributed by atoms with Crippen molar-refractivity contribution in [1.82, 2.24) is 15.1 Å². The Balaban J connectivity index is 1.96. The van der Waals surface area contributed by atoms with Crippen molar-refractivity contribution in [2.24, 2.45) is 7.05 Å². The fraction of sp³-hybridized carbons (Fsp3) is 0.400. The summed E-state index contributed by atoms with van der Waals surface area (Å²) in [7, 11) is 1.96. The third-order valence-corrected chi connectivity index (χ3v) is 3.50. The second-order valence-electron chi connectivity index (χ2n) is 4.80. The number of rotatable bonds is 5. The summed E-state index contributed by atoms with van der Waals surface area (Å²) < 4.78 is 1.88. The molecule has 1 N–H and O–H groups in total. The Morgan fingerprint density at radius 3 is 2.68 bits per heavy atom. The second kappa shape index (κ2) is 6.22. The third-order valence-electron chi connectivity index (χ3n) is 3.26. The highest BCUT2D eigenvalue weighted by molar-refractivity contribution is 6.30. The molecule has 0 aliphatic heterocycles. The van der Waals surface area contributed by atoms with Crippen LogP contribution >= 0.6 is 11.6 Å². The molecular formula is C15H20ClN3. The molecule has 0 bridgehead atoms. The Kier molecular flexibility index (Phi) is 4.61. The monoisotopic (exact) mass is 277 g/mol. The fourth-order valence-electron chi connectivity index (χ4n) is 2.22. The lowest BCUT2D eigenvalue weighted by atomic mass is 10.1. The van der Waals surface area contributed by atoms with Crippen LogP contribution in [-0.4, -0.2) is 9.78 Å². The Morgan fingerprint density at radius 1 is 1.26 bits per heavy atom. The number of nitrogens with one attached hydrogen (secondary N) is 1. The van der Waals surface area contributed by atoms with Gasteiger partial charge in [0.15, 0.2) is 0 Å². The molecule has 0 radical (unpaired) electrons. The smallest absolute Gasteiger partial charge is 0.0666 e. The van der Waals surface area contributed by atoms with Gasteiger partial charge in [0, 0.05) is 36.9 Å². The molecule has 4 heteroatoms. The quantitative estimate of drug-likeness (QED) is 0.909. The normalized spacial score (nSPS) is 10.9. The van der Waals surface area contributed by atoms with E-state index in [0.29, 0.717) is 0 Å². The lowest BCUT2D eigenvalue weighted by Gasteiger charge is -2.08. The molecule has 102 valence electrons. The molecule has 0 saturated heterocycles. The summed E-state index contributed by atoms with van der Waals surface area (Å²) in [4.78, 5) is 0. The van der Waals surface area contributed by atoms with Gasteiger partial charge in [0.25, 0.3) is 0 Å². The number of hydrogen-bond donors (Lipinski definition) is 1. The van der Waals surface area contributed by atoms with Crippen LogP contribution in [0.4, 0.5) is 0 Å². The Hall–Kier alpha value is -1.32. The zero-order valence-electron chi connectivity index (χ0n) is 11.7. The van der Waals surface area contributed by atoms with E-state index in [0.717, 1.165) is 24.5 Å². The van der Waals surface area contributed by atoms with E-state index >= 15 is 0 Å². The van der Waals surface area contributed by atoms with Crippen LogP contribution in [0.3, 0.4) is 0 Å². The van der Waals surface area contributed by atoms with Crippen LogP contribution in [0, 0.1) is 6.92 Å². The van der Waals surface area contributed by atoms with E-state index in [1.807, 2.05) is 23.9 Å². The molecule has 3 nitrogen and oxygen atoms in total. The van der Waals surface area contributed by atoms with Crippen molar-refractivity contribution >= 4 is 11.6 Å². The SMILES string of the molecule is CCc1nn(C)cc1CNCc1ccc(Cl)cc1C. The van der Waals surface area contributed by atoms with Gasteiger partial charge < -0.3 is 5.32 Å². The molecular weight excluding hydrogens is 258 g/mol. The molecule has 0 aliphatic rings. The second-order valence-corrected chi connectivity index (χ2v) is 5.24. The first-order valence-corrected chi connectivity index (χ1v) is 6.95. The van der Waals surface area contributed by atoms with Gasteiger partial charge in [-0.2, -0.15) is 5.10 Å². The lowest BCUT2D eigenvalue weighted by Crippen LogP contribution is -2.14. The van der Waals surface area contributed by atoms with Gasteiger partial charge in [-0.3, -0.25) is 4.68 Å². The highest BCUT2D eigenvalue weighted by Gasteiger charge is 2.05. The van der Waals surface area contributed by atoms with E-state index in [4.69, 9.17) is 11.6 Å². The van der Waals surface area contributed by atoms with E-state index in [1.54, 1.807) is 0 Å². The van der Waals surface area contributed by atoms with Crippen LogP contribution in [0.25, 0.3) is 0 Å². The van der Waals surface area contributed by atoms with Crippen LogP contribution in [0.1, 0.15) is 29.3 Å². The zero-order chi connectivity index (χ0) is 13.8. The van der Waals surface area contributed by atoms with Gasteiger partial charge in [-0.25, -0.2) is 0 Å². The lowest BCUT2D eigenvalue weighted by molar-refractivity contribution is 0.685. The molecule has 0 fully saturated rings. The molecule has 1 heterocycles. The Labute approximate surface area is 119 Å². The summed E-state index contributed by atoms with van der Waals surface area (Å²) in [5, 5.41) is 8.71. The van der Waals surface area contributed by atoms with Gasteiger partial charge in [-0.1, -0.05) is 24.6 Å². The number of nitrogens with zero attached hydrogens (tertiary/aromatic N) is 2. The van der Waals surface area contributed by atoms with Crippen molar-refractivity contribution in [3.63, 3.8) is 0 Å². The van der Waals surface area contributed by atoms with Crippen molar-refractivity contribution in [2.75, 3.05) is 0 Å². The van der Waals surface area contributed by atoms with Gasteiger partial charge in [0.1, 0.15) is 0 Å². The maximum Gasteiger partial charge on any atom is 0.0666 e. The van der Waals surface area contributed by atoms with Gasteiger partial charge in [-0.05, 0) is 36.6 Å². The predicted octanol–water partition coefficient (Wildman–Crippen LogP) is 3.23. The molecule has 2 aromatic rings. The molecule has 2 rings (SSSR count). The molecule has 1 aromatic carbocycles. The standard InChI is InChI=1S/C15H20ClN3/c1-4-15-13(10-19(3)18-15)9-17-8-12-5-6-14(16)7-11(12)2/h5-7,10,17H,4,8-9H2,1-3H3. The summed E-state index contributed by atoms with van der Waals surface area (Å²) in [6.07, 6.45) is 3.05. The minimum Gasteiger partial charge on any atom is -0.308 e. The fourth-order valence-corrected chi connectivity index (χ4v) is 2.45.